The van der Waals surface area contributed by atoms with Gasteiger partial charge in [0.1, 0.15) is 5.69 Å². The molecular formula is C9H13NO3. The number of hydrogen-bond acceptors (Lipinski definition) is 4. The van der Waals surface area contributed by atoms with Crippen molar-refractivity contribution in [2.45, 2.75) is 26.2 Å². The van der Waals surface area contributed by atoms with Crippen molar-refractivity contribution in [3.05, 3.63) is 20.4 Å². The highest BCUT2D eigenvalue weighted by atomic mass is 16.3. The van der Waals surface area contributed by atoms with E-state index in [0.717, 1.165) is 19.3 Å². The van der Waals surface area contributed by atoms with Gasteiger partial charge >= 0.3 is 0 Å². The van der Waals surface area contributed by atoms with Gasteiger partial charge in [-0.2, -0.15) is 0 Å². The number of rotatable bonds is 5. The number of nitrogens with one attached hydrogen (secondary N) is 1. The van der Waals surface area contributed by atoms with Crippen molar-refractivity contribution in [2.24, 2.45) is 0 Å². The second-order valence-corrected chi connectivity index (χ2v) is 3.02. The van der Waals surface area contributed by atoms with E-state index in [1.165, 1.54) is 0 Å². The van der Waals surface area contributed by atoms with Gasteiger partial charge in [-0.1, -0.05) is 19.8 Å². The van der Waals surface area contributed by atoms with Crippen molar-refractivity contribution in [1.82, 2.24) is 0 Å². The van der Waals surface area contributed by atoms with Crippen LogP contribution in [0.25, 0.3) is 0 Å². The van der Waals surface area contributed by atoms with Gasteiger partial charge < -0.3 is 10.4 Å². The molecule has 0 unspecified atom stereocenters. The highest BCUT2D eigenvalue weighted by Gasteiger charge is 2.18. The first-order chi connectivity index (χ1) is 6.18. The van der Waals surface area contributed by atoms with Gasteiger partial charge in [0.25, 0.3) is 10.9 Å². The third-order valence-electron chi connectivity index (χ3n) is 1.97. The van der Waals surface area contributed by atoms with Crippen molar-refractivity contribution in [2.75, 3.05) is 11.9 Å². The number of unbranched alkanes of at least 4 members (excludes halogenated alkanes) is 2. The summed E-state index contributed by atoms with van der Waals surface area (Å²) >= 11 is 0. The first-order valence-corrected chi connectivity index (χ1v) is 4.44. The van der Waals surface area contributed by atoms with Crippen LogP contribution in [0, 0.1) is 0 Å². The Morgan fingerprint density at radius 2 is 1.92 bits per heavy atom. The molecule has 0 heterocycles. The Kier molecular flexibility index (Phi) is 3.06. The van der Waals surface area contributed by atoms with E-state index in [1.807, 2.05) is 0 Å². The van der Waals surface area contributed by atoms with Gasteiger partial charge in [0.15, 0.2) is 5.75 Å². The smallest absolute Gasteiger partial charge is 0.271 e. The fourth-order valence-electron chi connectivity index (χ4n) is 1.13. The standard InChI is InChI=1S/C9H13NO3/c1-2-3-4-5-10-6-7(11)9(13)8(6)12/h10-11H,2-5H2,1H3. The lowest BCUT2D eigenvalue weighted by Gasteiger charge is -2.07. The molecule has 0 atom stereocenters. The maximum atomic E-state index is 10.8. The summed E-state index contributed by atoms with van der Waals surface area (Å²) in [5.74, 6) is -0.415. The molecule has 1 aromatic carbocycles. The highest BCUT2D eigenvalue weighted by molar-refractivity contribution is 5.60. The highest BCUT2D eigenvalue weighted by Crippen LogP contribution is 2.14. The van der Waals surface area contributed by atoms with E-state index in [2.05, 4.69) is 12.2 Å². The van der Waals surface area contributed by atoms with Crippen LogP contribution >= 0.6 is 0 Å². The van der Waals surface area contributed by atoms with Crippen molar-refractivity contribution in [3.8, 4) is 5.75 Å². The first kappa shape index (κ1) is 9.77. The van der Waals surface area contributed by atoms with Gasteiger partial charge in [-0.3, -0.25) is 9.59 Å². The van der Waals surface area contributed by atoms with E-state index in [1.54, 1.807) is 0 Å². The summed E-state index contributed by atoms with van der Waals surface area (Å²) < 4.78 is 0. The van der Waals surface area contributed by atoms with Gasteiger partial charge in [0.05, 0.1) is 0 Å². The molecule has 0 radical (unpaired) electrons. The zero-order valence-corrected chi connectivity index (χ0v) is 7.59. The minimum Gasteiger partial charge on any atom is -0.502 e. The fraction of sp³-hybridized carbons (Fsp3) is 0.556. The van der Waals surface area contributed by atoms with E-state index >= 15 is 0 Å². The van der Waals surface area contributed by atoms with Crippen LogP contribution < -0.4 is 16.2 Å². The van der Waals surface area contributed by atoms with E-state index < -0.39 is 16.6 Å². The predicted molar refractivity (Wildman–Crippen MR) is 51.0 cm³/mol. The molecule has 4 heteroatoms. The van der Waals surface area contributed by atoms with E-state index in [-0.39, 0.29) is 5.69 Å². The maximum Gasteiger partial charge on any atom is 0.271 e. The summed E-state index contributed by atoms with van der Waals surface area (Å²) in [5, 5.41) is 11.7. The summed E-state index contributed by atoms with van der Waals surface area (Å²) in [6, 6.07) is 0. The van der Waals surface area contributed by atoms with Crippen LogP contribution in [0.5, 0.6) is 5.75 Å². The maximum absolute atomic E-state index is 10.8. The van der Waals surface area contributed by atoms with Gasteiger partial charge in [-0.05, 0) is 6.42 Å². The van der Waals surface area contributed by atoms with Gasteiger partial charge in [-0.15, -0.1) is 0 Å². The normalized spacial score (nSPS) is 10.5. The summed E-state index contributed by atoms with van der Waals surface area (Å²) in [5.41, 5.74) is -1.30. The van der Waals surface area contributed by atoms with Crippen LogP contribution in [0.2, 0.25) is 0 Å². The summed E-state index contributed by atoms with van der Waals surface area (Å²) in [7, 11) is 0. The van der Waals surface area contributed by atoms with Crippen molar-refractivity contribution >= 4 is 5.69 Å². The number of aromatic hydroxyl groups is 1. The third kappa shape index (κ3) is 1.88. The molecule has 13 heavy (non-hydrogen) atoms. The van der Waals surface area contributed by atoms with Crippen LogP contribution in [-0.4, -0.2) is 11.7 Å². The van der Waals surface area contributed by atoms with Gasteiger partial charge in [0, 0.05) is 6.54 Å². The SMILES string of the molecule is CCCCCNc1c(O)c(=O)c1=O. The number of hydrogen-bond donors (Lipinski definition) is 2. The summed E-state index contributed by atoms with van der Waals surface area (Å²) in [6.45, 7) is 2.71. The Labute approximate surface area is 75.9 Å². The Balaban J connectivity index is 2.39. The quantitative estimate of drug-likeness (QED) is 0.518. The van der Waals surface area contributed by atoms with Crippen LogP contribution in [0.4, 0.5) is 5.69 Å². The van der Waals surface area contributed by atoms with Crippen LogP contribution in [0.15, 0.2) is 9.59 Å². The van der Waals surface area contributed by atoms with Gasteiger partial charge in [-0.25, -0.2) is 0 Å². The second kappa shape index (κ2) is 4.07. The van der Waals surface area contributed by atoms with E-state index in [9.17, 15) is 9.59 Å². The molecule has 0 aromatic heterocycles. The first-order valence-electron chi connectivity index (χ1n) is 4.44. The van der Waals surface area contributed by atoms with Crippen molar-refractivity contribution in [3.63, 3.8) is 0 Å². The van der Waals surface area contributed by atoms with E-state index in [0.29, 0.717) is 6.54 Å². The lowest BCUT2D eigenvalue weighted by atomic mass is 10.2. The molecule has 0 fully saturated rings. The largest absolute Gasteiger partial charge is 0.502 e. The molecule has 0 spiro atoms. The second-order valence-electron chi connectivity index (χ2n) is 3.02. The molecule has 2 N–H and O–H groups in total. The van der Waals surface area contributed by atoms with Crippen LogP contribution in [0.1, 0.15) is 26.2 Å². The Morgan fingerprint density at radius 1 is 1.23 bits per heavy atom. The topological polar surface area (TPSA) is 66.4 Å². The Hall–Kier alpha value is -1.32. The zero-order chi connectivity index (χ0) is 9.84. The molecule has 0 aliphatic heterocycles. The van der Waals surface area contributed by atoms with Crippen LogP contribution in [-0.2, 0) is 0 Å². The molecule has 0 bridgehead atoms. The molecule has 4 nitrogen and oxygen atoms in total. The zero-order valence-electron chi connectivity index (χ0n) is 7.59. The minimum atomic E-state index is -0.780. The lowest BCUT2D eigenvalue weighted by Crippen LogP contribution is -2.33. The Morgan fingerprint density at radius 3 is 2.46 bits per heavy atom. The lowest BCUT2D eigenvalue weighted by molar-refractivity contribution is 0.465. The average Bonchev–Trinajstić information content (AvgIpc) is 2.16. The van der Waals surface area contributed by atoms with Crippen molar-refractivity contribution < 1.29 is 5.11 Å². The molecule has 0 saturated heterocycles. The number of anilines is 1. The predicted octanol–water partition coefficient (Wildman–Crippen LogP) is 0.590. The average molecular weight is 183 g/mol. The fourth-order valence-corrected chi connectivity index (χ4v) is 1.13. The minimum absolute atomic E-state index is 0.0844. The third-order valence-corrected chi connectivity index (χ3v) is 1.97. The molecule has 0 aliphatic rings. The van der Waals surface area contributed by atoms with Crippen molar-refractivity contribution in [1.29, 1.82) is 0 Å². The molecular weight excluding hydrogens is 170 g/mol. The summed E-state index contributed by atoms with van der Waals surface area (Å²) in [6.07, 6.45) is 3.11. The Bertz CT molecular complexity index is 350. The molecule has 72 valence electrons. The summed E-state index contributed by atoms with van der Waals surface area (Å²) in [4.78, 5) is 21.4. The van der Waals surface area contributed by atoms with Crippen LogP contribution in [0.3, 0.4) is 0 Å². The molecule has 1 aromatic rings. The molecule has 0 aliphatic carbocycles. The van der Waals surface area contributed by atoms with Gasteiger partial charge in [0.2, 0.25) is 0 Å². The molecule has 0 amide bonds. The monoisotopic (exact) mass is 183 g/mol. The molecule has 0 saturated carbocycles. The van der Waals surface area contributed by atoms with E-state index in [4.69, 9.17) is 5.11 Å². The molecule has 1 rings (SSSR count).